The van der Waals surface area contributed by atoms with Gasteiger partial charge in [-0.25, -0.2) is 0 Å². The van der Waals surface area contributed by atoms with Crippen molar-refractivity contribution in [1.29, 1.82) is 0 Å². The molecule has 1 amide bonds. The maximum atomic E-state index is 12.0. The number of rotatable bonds is 8. The molecule has 3 rings (SSSR count). The van der Waals surface area contributed by atoms with Crippen molar-refractivity contribution in [2.75, 3.05) is 17.3 Å². The van der Waals surface area contributed by atoms with Crippen LogP contribution in [0.2, 0.25) is 0 Å². The van der Waals surface area contributed by atoms with Crippen LogP contribution in [0.5, 0.6) is 5.75 Å². The number of carbonyl (C=O) groups excluding carboxylic acids is 1. The summed E-state index contributed by atoms with van der Waals surface area (Å²) in [6, 6.07) is 20.6. The number of anilines is 2. The summed E-state index contributed by atoms with van der Waals surface area (Å²) in [7, 11) is 0. The number of non-ortho nitro benzene ring substituents is 1. The summed E-state index contributed by atoms with van der Waals surface area (Å²) >= 11 is 0. The molecular formula is C22H20N4O4. The molecule has 8 nitrogen and oxygen atoms in total. The number of carbonyl (C=O) groups is 1. The average molecular weight is 404 g/mol. The highest BCUT2D eigenvalue weighted by Gasteiger charge is 2.04. The number of nitro groups is 1. The summed E-state index contributed by atoms with van der Waals surface area (Å²) in [5, 5.41) is 17.5. The summed E-state index contributed by atoms with van der Waals surface area (Å²) in [6.07, 6.45) is 1.61. The van der Waals surface area contributed by atoms with E-state index in [0.717, 1.165) is 16.8 Å². The lowest BCUT2D eigenvalue weighted by atomic mass is 10.2. The van der Waals surface area contributed by atoms with Gasteiger partial charge >= 0.3 is 0 Å². The molecule has 30 heavy (non-hydrogen) atoms. The number of nitrogens with zero attached hydrogens (tertiary/aromatic N) is 2. The first-order valence-electron chi connectivity index (χ1n) is 9.12. The van der Waals surface area contributed by atoms with Crippen LogP contribution >= 0.6 is 0 Å². The van der Waals surface area contributed by atoms with Crippen LogP contribution in [0.1, 0.15) is 11.1 Å². The Kier molecular flexibility index (Phi) is 6.73. The van der Waals surface area contributed by atoms with Crippen molar-refractivity contribution in [2.24, 2.45) is 5.10 Å². The minimum absolute atomic E-state index is 0.0210. The van der Waals surface area contributed by atoms with Crippen LogP contribution in [0.15, 0.2) is 77.9 Å². The molecule has 152 valence electrons. The quantitative estimate of drug-likeness (QED) is 0.329. The van der Waals surface area contributed by atoms with Gasteiger partial charge in [0.1, 0.15) is 5.75 Å². The number of benzene rings is 3. The normalized spacial score (nSPS) is 10.6. The van der Waals surface area contributed by atoms with Gasteiger partial charge in [0.2, 0.25) is 0 Å². The molecular weight excluding hydrogens is 384 g/mol. The number of ether oxygens (including phenoxy) is 1. The zero-order chi connectivity index (χ0) is 21.3. The van der Waals surface area contributed by atoms with E-state index >= 15 is 0 Å². The second kappa shape index (κ2) is 9.83. The Morgan fingerprint density at radius 3 is 2.27 bits per heavy atom. The Morgan fingerprint density at radius 2 is 1.63 bits per heavy atom. The van der Waals surface area contributed by atoms with Gasteiger partial charge in [0, 0.05) is 17.8 Å². The SMILES string of the molecule is Cc1ccc(NC(=O)COc2ccc(/C=N\Nc3ccc([N+](=O)[O-])cc3)cc2)cc1. The van der Waals surface area contributed by atoms with Gasteiger partial charge in [-0.1, -0.05) is 17.7 Å². The predicted molar refractivity (Wildman–Crippen MR) is 116 cm³/mol. The molecule has 0 heterocycles. The van der Waals surface area contributed by atoms with Crippen molar-refractivity contribution >= 4 is 29.2 Å². The van der Waals surface area contributed by atoms with E-state index in [2.05, 4.69) is 15.8 Å². The second-order valence-corrected chi connectivity index (χ2v) is 6.45. The third kappa shape index (κ3) is 6.16. The molecule has 0 saturated heterocycles. The Morgan fingerprint density at radius 1 is 1.00 bits per heavy atom. The highest BCUT2D eigenvalue weighted by molar-refractivity contribution is 5.91. The van der Waals surface area contributed by atoms with Crippen LogP contribution < -0.4 is 15.5 Å². The summed E-state index contributed by atoms with van der Waals surface area (Å²) in [4.78, 5) is 22.2. The molecule has 8 heteroatoms. The number of amides is 1. The van der Waals surface area contributed by atoms with E-state index in [1.54, 1.807) is 42.6 Å². The van der Waals surface area contributed by atoms with Crippen molar-refractivity contribution in [3.8, 4) is 5.75 Å². The average Bonchev–Trinajstić information content (AvgIpc) is 2.75. The Labute approximate surface area is 173 Å². The molecule has 2 N–H and O–H groups in total. The summed E-state index contributed by atoms with van der Waals surface area (Å²) in [5.41, 5.74) is 6.12. The Balaban J connectivity index is 1.46. The Hall–Kier alpha value is -4.20. The van der Waals surface area contributed by atoms with Crippen LogP contribution in [0.3, 0.4) is 0 Å². The number of nitro benzene ring substituents is 1. The van der Waals surface area contributed by atoms with Crippen LogP contribution in [0, 0.1) is 17.0 Å². The van der Waals surface area contributed by atoms with Gasteiger partial charge in [-0.05, 0) is 61.0 Å². The first kappa shape index (κ1) is 20.5. The summed E-state index contributed by atoms with van der Waals surface area (Å²) < 4.78 is 5.50. The van der Waals surface area contributed by atoms with Gasteiger partial charge in [-0.3, -0.25) is 20.3 Å². The number of hydrogen-bond donors (Lipinski definition) is 2. The fourth-order valence-corrected chi connectivity index (χ4v) is 2.47. The van der Waals surface area contributed by atoms with Crippen molar-refractivity contribution < 1.29 is 14.5 Å². The minimum Gasteiger partial charge on any atom is -0.484 e. The molecule has 3 aromatic rings. The van der Waals surface area contributed by atoms with Gasteiger partial charge in [0.05, 0.1) is 16.8 Å². The van der Waals surface area contributed by atoms with Crippen LogP contribution in [0.4, 0.5) is 17.1 Å². The smallest absolute Gasteiger partial charge is 0.269 e. The monoisotopic (exact) mass is 404 g/mol. The molecule has 0 atom stereocenters. The molecule has 3 aromatic carbocycles. The molecule has 0 aliphatic carbocycles. The van der Waals surface area contributed by atoms with E-state index in [9.17, 15) is 14.9 Å². The van der Waals surface area contributed by atoms with Gasteiger partial charge in [0.15, 0.2) is 6.61 Å². The first-order chi connectivity index (χ1) is 14.5. The van der Waals surface area contributed by atoms with Crippen molar-refractivity contribution in [2.45, 2.75) is 6.92 Å². The fraction of sp³-hybridized carbons (Fsp3) is 0.0909. The predicted octanol–water partition coefficient (Wildman–Crippen LogP) is 4.37. The van der Waals surface area contributed by atoms with Gasteiger partial charge < -0.3 is 10.1 Å². The molecule has 0 aromatic heterocycles. The van der Waals surface area contributed by atoms with Crippen LogP contribution in [-0.2, 0) is 4.79 Å². The number of nitrogens with one attached hydrogen (secondary N) is 2. The standard InChI is InChI=1S/C22H20N4O4/c1-16-2-6-18(7-3-16)24-22(27)15-30-21-12-4-17(5-13-21)14-23-25-19-8-10-20(11-9-19)26(28)29/h2-14,25H,15H2,1H3,(H,24,27)/b23-14-. The lowest BCUT2D eigenvalue weighted by Crippen LogP contribution is -2.20. The van der Waals surface area contributed by atoms with E-state index < -0.39 is 4.92 Å². The number of hydrazone groups is 1. The molecule has 0 aliphatic rings. The Bertz CT molecular complexity index is 1030. The van der Waals surface area contributed by atoms with E-state index in [-0.39, 0.29) is 18.2 Å². The van der Waals surface area contributed by atoms with Crippen LogP contribution in [-0.4, -0.2) is 23.7 Å². The number of hydrogen-bond acceptors (Lipinski definition) is 6. The molecule has 0 spiro atoms. The fourth-order valence-electron chi connectivity index (χ4n) is 2.47. The summed E-state index contributed by atoms with van der Waals surface area (Å²) in [5.74, 6) is 0.325. The zero-order valence-corrected chi connectivity index (χ0v) is 16.2. The van der Waals surface area contributed by atoms with Gasteiger partial charge in [-0.2, -0.15) is 5.10 Å². The lowest BCUT2D eigenvalue weighted by molar-refractivity contribution is -0.384. The highest BCUT2D eigenvalue weighted by Crippen LogP contribution is 2.16. The molecule has 0 bridgehead atoms. The lowest BCUT2D eigenvalue weighted by Gasteiger charge is -2.08. The van der Waals surface area contributed by atoms with E-state index in [1.807, 2.05) is 31.2 Å². The third-order valence-electron chi connectivity index (χ3n) is 4.07. The van der Waals surface area contributed by atoms with Gasteiger partial charge in [0.25, 0.3) is 11.6 Å². The van der Waals surface area contributed by atoms with Crippen molar-refractivity contribution in [3.05, 3.63) is 94.0 Å². The van der Waals surface area contributed by atoms with E-state index in [0.29, 0.717) is 11.4 Å². The highest BCUT2D eigenvalue weighted by atomic mass is 16.6. The first-order valence-corrected chi connectivity index (χ1v) is 9.12. The third-order valence-corrected chi connectivity index (χ3v) is 4.07. The molecule has 0 radical (unpaired) electrons. The molecule has 0 aliphatic heterocycles. The van der Waals surface area contributed by atoms with E-state index in [4.69, 9.17) is 4.74 Å². The molecule has 0 saturated carbocycles. The molecule has 0 unspecified atom stereocenters. The number of aryl methyl sites for hydroxylation is 1. The maximum Gasteiger partial charge on any atom is 0.269 e. The minimum atomic E-state index is -0.456. The van der Waals surface area contributed by atoms with Gasteiger partial charge in [-0.15, -0.1) is 0 Å². The zero-order valence-electron chi connectivity index (χ0n) is 16.2. The second-order valence-electron chi connectivity index (χ2n) is 6.45. The topological polar surface area (TPSA) is 106 Å². The van der Waals surface area contributed by atoms with Crippen molar-refractivity contribution in [1.82, 2.24) is 0 Å². The maximum absolute atomic E-state index is 12.0. The van der Waals surface area contributed by atoms with E-state index in [1.165, 1.54) is 12.1 Å². The van der Waals surface area contributed by atoms with Crippen LogP contribution in [0.25, 0.3) is 0 Å². The van der Waals surface area contributed by atoms with Crippen molar-refractivity contribution in [3.63, 3.8) is 0 Å². The molecule has 0 fully saturated rings. The summed E-state index contributed by atoms with van der Waals surface area (Å²) in [6.45, 7) is 1.89. The largest absolute Gasteiger partial charge is 0.484 e.